The molecule has 140 valence electrons. The van der Waals surface area contributed by atoms with Gasteiger partial charge in [0.1, 0.15) is 0 Å². The highest BCUT2D eigenvalue weighted by atomic mass is 35.5. The van der Waals surface area contributed by atoms with Gasteiger partial charge in [0.15, 0.2) is 0 Å². The smallest absolute Gasteiger partial charge is 0.240 e. The number of carbonyl (C=O) groups excluding carboxylic acids is 1. The minimum absolute atomic E-state index is 0. The molecule has 0 saturated heterocycles. The molecule has 2 aliphatic rings. The lowest BCUT2D eigenvalue weighted by molar-refractivity contribution is -0.120. The van der Waals surface area contributed by atoms with Gasteiger partial charge in [0, 0.05) is 18.2 Å². The molecule has 0 heterocycles. The number of amides is 1. The monoisotopic (exact) mass is 387 g/mol. The molecule has 3 rings (SSSR count). The number of halogens is 1. The highest BCUT2D eigenvalue weighted by molar-refractivity contribution is 7.89. The molecule has 2 aliphatic carbocycles. The topological polar surface area (TPSA) is 101 Å². The number of rotatable bonds is 7. The number of benzene rings is 1. The Hall–Kier alpha value is -1.15. The molecule has 0 bridgehead atoms. The molecule has 1 amide bonds. The summed E-state index contributed by atoms with van der Waals surface area (Å²) < 4.78 is 27.0. The van der Waals surface area contributed by atoms with Crippen LogP contribution in [0.25, 0.3) is 0 Å². The maximum absolute atomic E-state index is 12.4. The summed E-state index contributed by atoms with van der Waals surface area (Å²) in [6.07, 6.45) is 5.09. The first-order valence-corrected chi connectivity index (χ1v) is 10.1. The largest absolute Gasteiger partial charge is 0.330 e. The number of hydrogen-bond donors (Lipinski definition) is 3. The van der Waals surface area contributed by atoms with Crippen LogP contribution in [0.3, 0.4) is 0 Å². The Balaban J connectivity index is 0.00000225. The maximum Gasteiger partial charge on any atom is 0.240 e. The molecule has 4 N–H and O–H groups in total. The summed E-state index contributed by atoms with van der Waals surface area (Å²) in [6.45, 7) is 1.03. The second kappa shape index (κ2) is 8.49. The van der Waals surface area contributed by atoms with Gasteiger partial charge in [-0.1, -0.05) is 6.42 Å². The lowest BCUT2D eigenvalue weighted by Gasteiger charge is -2.17. The Morgan fingerprint density at radius 2 is 1.80 bits per heavy atom. The van der Waals surface area contributed by atoms with E-state index >= 15 is 0 Å². The van der Waals surface area contributed by atoms with Crippen LogP contribution >= 0.6 is 12.4 Å². The molecule has 0 spiro atoms. The minimum Gasteiger partial charge on any atom is -0.330 e. The molecular weight excluding hydrogens is 362 g/mol. The highest BCUT2D eigenvalue weighted by Gasteiger charge is 2.32. The first kappa shape index (κ1) is 20.2. The first-order chi connectivity index (χ1) is 11.5. The van der Waals surface area contributed by atoms with E-state index in [2.05, 4.69) is 10.0 Å². The molecule has 8 heteroatoms. The highest BCUT2D eigenvalue weighted by Crippen LogP contribution is 2.32. The van der Waals surface area contributed by atoms with E-state index in [0.717, 1.165) is 32.1 Å². The van der Waals surface area contributed by atoms with Crippen LogP contribution in [0, 0.1) is 17.8 Å². The predicted octanol–water partition coefficient (Wildman–Crippen LogP) is 2.11. The van der Waals surface area contributed by atoms with Crippen molar-refractivity contribution >= 4 is 34.0 Å². The van der Waals surface area contributed by atoms with Crippen LogP contribution in [-0.2, 0) is 14.8 Å². The molecule has 0 radical (unpaired) electrons. The number of sulfonamides is 1. The SMILES string of the molecule is Cl.NC[C@H]1CCC[C@H]1C(=O)Nc1ccc(S(=O)(=O)NCC2CC2)cc1. The van der Waals surface area contributed by atoms with Gasteiger partial charge < -0.3 is 11.1 Å². The van der Waals surface area contributed by atoms with Crippen molar-refractivity contribution in [2.45, 2.75) is 37.0 Å². The molecule has 25 heavy (non-hydrogen) atoms. The van der Waals surface area contributed by atoms with Crippen molar-refractivity contribution < 1.29 is 13.2 Å². The van der Waals surface area contributed by atoms with Crippen LogP contribution in [0.15, 0.2) is 29.2 Å². The maximum atomic E-state index is 12.4. The van der Waals surface area contributed by atoms with Gasteiger partial charge >= 0.3 is 0 Å². The van der Waals surface area contributed by atoms with Crippen LogP contribution in [0.5, 0.6) is 0 Å². The van der Waals surface area contributed by atoms with Crippen molar-refractivity contribution in [2.75, 3.05) is 18.4 Å². The van der Waals surface area contributed by atoms with Gasteiger partial charge in [-0.2, -0.15) is 0 Å². The number of carbonyl (C=O) groups is 1. The third-order valence-electron chi connectivity index (χ3n) is 4.99. The van der Waals surface area contributed by atoms with Gasteiger partial charge in [0.2, 0.25) is 15.9 Å². The Morgan fingerprint density at radius 3 is 2.40 bits per heavy atom. The minimum atomic E-state index is -3.47. The Bertz CT molecular complexity index is 690. The lowest BCUT2D eigenvalue weighted by Crippen LogP contribution is -2.29. The number of nitrogens with one attached hydrogen (secondary N) is 2. The van der Waals surface area contributed by atoms with E-state index in [-0.39, 0.29) is 35.0 Å². The van der Waals surface area contributed by atoms with Gasteiger partial charge in [-0.05, 0) is 68.3 Å². The van der Waals surface area contributed by atoms with Gasteiger partial charge in [0.05, 0.1) is 4.90 Å². The van der Waals surface area contributed by atoms with E-state index in [4.69, 9.17) is 5.73 Å². The van der Waals surface area contributed by atoms with E-state index in [1.807, 2.05) is 0 Å². The van der Waals surface area contributed by atoms with Crippen molar-refractivity contribution in [1.82, 2.24) is 4.72 Å². The standard InChI is InChI=1S/C17H25N3O3S.ClH/c18-10-13-2-1-3-16(13)17(21)20-14-6-8-15(9-7-14)24(22,23)19-11-12-4-5-12;/h6-9,12-13,16,19H,1-5,10-11,18H2,(H,20,21);1H/t13-,16-;/m1./s1. The molecule has 0 aromatic heterocycles. The zero-order valence-corrected chi connectivity index (χ0v) is 15.7. The van der Waals surface area contributed by atoms with Crippen molar-refractivity contribution in [3.05, 3.63) is 24.3 Å². The van der Waals surface area contributed by atoms with E-state index in [0.29, 0.717) is 24.7 Å². The van der Waals surface area contributed by atoms with Crippen LogP contribution in [-0.4, -0.2) is 27.4 Å². The summed E-state index contributed by atoms with van der Waals surface area (Å²) in [5.74, 6) is 0.667. The quantitative estimate of drug-likeness (QED) is 0.666. The summed E-state index contributed by atoms with van der Waals surface area (Å²) in [7, 11) is -3.47. The fraction of sp³-hybridized carbons (Fsp3) is 0.588. The van der Waals surface area contributed by atoms with Crippen molar-refractivity contribution in [2.24, 2.45) is 23.5 Å². The molecule has 2 saturated carbocycles. The average Bonchev–Trinajstić information content (AvgIpc) is 3.28. The molecule has 2 atom stereocenters. The van der Waals surface area contributed by atoms with Crippen molar-refractivity contribution in [3.8, 4) is 0 Å². The summed E-state index contributed by atoms with van der Waals surface area (Å²) in [5.41, 5.74) is 6.34. The Morgan fingerprint density at radius 1 is 1.12 bits per heavy atom. The van der Waals surface area contributed by atoms with Gasteiger partial charge in [-0.15, -0.1) is 12.4 Å². The van der Waals surface area contributed by atoms with Crippen LogP contribution in [0.1, 0.15) is 32.1 Å². The van der Waals surface area contributed by atoms with Crippen LogP contribution < -0.4 is 15.8 Å². The van der Waals surface area contributed by atoms with Crippen LogP contribution in [0.2, 0.25) is 0 Å². The van der Waals surface area contributed by atoms with E-state index in [1.54, 1.807) is 12.1 Å². The Labute approximate surface area is 155 Å². The summed E-state index contributed by atoms with van der Waals surface area (Å²) in [6, 6.07) is 6.33. The predicted molar refractivity (Wildman–Crippen MR) is 100 cm³/mol. The van der Waals surface area contributed by atoms with E-state index < -0.39 is 10.0 Å². The van der Waals surface area contributed by atoms with E-state index in [1.165, 1.54) is 12.1 Å². The molecule has 2 fully saturated rings. The average molecular weight is 388 g/mol. The molecule has 0 unspecified atom stereocenters. The number of hydrogen-bond acceptors (Lipinski definition) is 4. The number of nitrogens with two attached hydrogens (primary N) is 1. The lowest BCUT2D eigenvalue weighted by atomic mass is 9.95. The van der Waals surface area contributed by atoms with Crippen molar-refractivity contribution in [1.29, 1.82) is 0 Å². The molecule has 0 aliphatic heterocycles. The van der Waals surface area contributed by atoms with E-state index in [9.17, 15) is 13.2 Å². The molecule has 6 nitrogen and oxygen atoms in total. The third kappa shape index (κ3) is 5.17. The summed E-state index contributed by atoms with van der Waals surface area (Å²) >= 11 is 0. The first-order valence-electron chi connectivity index (χ1n) is 8.60. The number of anilines is 1. The third-order valence-corrected chi connectivity index (χ3v) is 6.43. The zero-order chi connectivity index (χ0) is 17.2. The summed E-state index contributed by atoms with van der Waals surface area (Å²) in [5, 5.41) is 2.88. The molecule has 1 aromatic carbocycles. The Kier molecular flexibility index (Phi) is 6.85. The van der Waals surface area contributed by atoms with Gasteiger partial charge in [-0.3, -0.25) is 4.79 Å². The zero-order valence-electron chi connectivity index (χ0n) is 14.1. The molecule has 1 aromatic rings. The van der Waals surface area contributed by atoms with Gasteiger partial charge in [0.25, 0.3) is 0 Å². The summed E-state index contributed by atoms with van der Waals surface area (Å²) in [4.78, 5) is 12.6. The van der Waals surface area contributed by atoms with Crippen molar-refractivity contribution in [3.63, 3.8) is 0 Å². The second-order valence-electron chi connectivity index (χ2n) is 6.84. The second-order valence-corrected chi connectivity index (χ2v) is 8.61. The fourth-order valence-corrected chi connectivity index (χ4v) is 4.37. The van der Waals surface area contributed by atoms with Crippen LogP contribution in [0.4, 0.5) is 5.69 Å². The normalized spacial score (nSPS) is 23.1. The fourth-order valence-electron chi connectivity index (χ4n) is 3.25. The van der Waals surface area contributed by atoms with Gasteiger partial charge in [-0.25, -0.2) is 13.1 Å². The molecular formula is C17H26ClN3O3S.